The highest BCUT2D eigenvalue weighted by atomic mass is 32.1. The summed E-state index contributed by atoms with van der Waals surface area (Å²) in [7, 11) is 0. The van der Waals surface area contributed by atoms with E-state index in [0.717, 1.165) is 6.54 Å². The van der Waals surface area contributed by atoms with Gasteiger partial charge in [0.15, 0.2) is 0 Å². The molecule has 0 aromatic carbocycles. The van der Waals surface area contributed by atoms with Crippen molar-refractivity contribution in [1.29, 1.82) is 0 Å². The summed E-state index contributed by atoms with van der Waals surface area (Å²) in [4.78, 5) is 2.89. The second kappa shape index (κ2) is 6.01. The highest BCUT2D eigenvalue weighted by Gasteiger charge is 2.30. The van der Waals surface area contributed by atoms with Crippen molar-refractivity contribution < 1.29 is 0 Å². The molecule has 0 amide bonds. The molecule has 0 fully saturated rings. The van der Waals surface area contributed by atoms with Crippen molar-refractivity contribution in [1.82, 2.24) is 5.32 Å². The lowest BCUT2D eigenvalue weighted by Gasteiger charge is -2.34. The van der Waals surface area contributed by atoms with Crippen molar-refractivity contribution in [2.24, 2.45) is 5.41 Å². The van der Waals surface area contributed by atoms with Crippen molar-refractivity contribution >= 4 is 11.3 Å². The minimum atomic E-state index is 0.313. The van der Waals surface area contributed by atoms with Gasteiger partial charge in [0.05, 0.1) is 0 Å². The zero-order valence-electron chi connectivity index (χ0n) is 12.2. The van der Waals surface area contributed by atoms with Crippen LogP contribution >= 0.6 is 11.3 Å². The molecule has 0 aliphatic rings. The minimum absolute atomic E-state index is 0.313. The summed E-state index contributed by atoms with van der Waals surface area (Å²) in [6, 6.07) is 2.85. The molecule has 1 heterocycles. The van der Waals surface area contributed by atoms with Gasteiger partial charge >= 0.3 is 0 Å². The average molecular weight is 253 g/mol. The molecule has 0 saturated carbocycles. The van der Waals surface area contributed by atoms with Crippen LogP contribution in [0.15, 0.2) is 6.07 Å². The maximum absolute atomic E-state index is 3.74. The third-order valence-corrected chi connectivity index (χ3v) is 4.66. The van der Waals surface area contributed by atoms with E-state index >= 15 is 0 Å². The van der Waals surface area contributed by atoms with E-state index in [1.807, 2.05) is 11.3 Å². The van der Waals surface area contributed by atoms with Crippen molar-refractivity contribution in [2.75, 3.05) is 6.54 Å². The second-order valence-corrected chi connectivity index (χ2v) is 7.06. The molecule has 98 valence electrons. The Hall–Kier alpha value is -0.340. The Balaban J connectivity index is 3.01. The molecular formula is C15H27NS. The van der Waals surface area contributed by atoms with Crippen LogP contribution in [0.2, 0.25) is 0 Å². The number of aryl methyl sites for hydroxylation is 2. The van der Waals surface area contributed by atoms with Crippen molar-refractivity contribution in [3.8, 4) is 0 Å². The number of nitrogens with one attached hydrogen (secondary N) is 1. The molecule has 2 heteroatoms. The molecule has 1 rings (SSSR count). The van der Waals surface area contributed by atoms with Gasteiger partial charge in [-0.2, -0.15) is 0 Å². The van der Waals surface area contributed by atoms with Gasteiger partial charge in [0, 0.05) is 15.8 Å². The molecule has 0 aliphatic carbocycles. The van der Waals surface area contributed by atoms with Gasteiger partial charge in [0.25, 0.3) is 0 Å². The van der Waals surface area contributed by atoms with Gasteiger partial charge < -0.3 is 5.32 Å². The quantitative estimate of drug-likeness (QED) is 0.765. The molecular weight excluding hydrogens is 226 g/mol. The highest BCUT2D eigenvalue weighted by Crippen LogP contribution is 2.39. The standard InChI is InChI=1S/C15H27NS/c1-7-9-16-14(15(5,6)8-2)13-10-11(3)17-12(13)4/h10,14,16H,7-9H2,1-6H3. The summed E-state index contributed by atoms with van der Waals surface area (Å²) in [5.74, 6) is 0. The lowest BCUT2D eigenvalue weighted by molar-refractivity contribution is 0.234. The van der Waals surface area contributed by atoms with Gasteiger partial charge in [-0.1, -0.05) is 27.7 Å². The number of rotatable bonds is 6. The monoisotopic (exact) mass is 253 g/mol. The van der Waals surface area contributed by atoms with Gasteiger partial charge in [-0.25, -0.2) is 0 Å². The SMILES string of the molecule is CCCNC(c1cc(C)sc1C)C(C)(C)CC. The Morgan fingerprint density at radius 1 is 1.29 bits per heavy atom. The molecule has 1 nitrogen and oxygen atoms in total. The lowest BCUT2D eigenvalue weighted by atomic mass is 9.78. The normalized spacial score (nSPS) is 14.0. The zero-order chi connectivity index (χ0) is 13.1. The maximum atomic E-state index is 3.74. The highest BCUT2D eigenvalue weighted by molar-refractivity contribution is 7.12. The predicted molar refractivity (Wildman–Crippen MR) is 78.9 cm³/mol. The molecule has 0 saturated heterocycles. The molecule has 0 spiro atoms. The van der Waals surface area contributed by atoms with Gasteiger partial charge in [-0.3, -0.25) is 0 Å². The Morgan fingerprint density at radius 3 is 2.35 bits per heavy atom. The van der Waals surface area contributed by atoms with Crippen LogP contribution in [0.1, 0.15) is 61.9 Å². The van der Waals surface area contributed by atoms with E-state index in [4.69, 9.17) is 0 Å². The molecule has 1 aromatic heterocycles. The summed E-state index contributed by atoms with van der Waals surface area (Å²) in [5.41, 5.74) is 1.82. The molecule has 1 unspecified atom stereocenters. The summed E-state index contributed by atoms with van der Waals surface area (Å²) >= 11 is 1.92. The molecule has 0 radical (unpaired) electrons. The summed E-state index contributed by atoms with van der Waals surface area (Å²) in [6.07, 6.45) is 2.39. The largest absolute Gasteiger partial charge is 0.309 e. The van der Waals surface area contributed by atoms with E-state index in [2.05, 4.69) is 52.9 Å². The second-order valence-electron chi connectivity index (χ2n) is 5.60. The fourth-order valence-electron chi connectivity index (χ4n) is 2.24. The first kappa shape index (κ1) is 14.7. The van der Waals surface area contributed by atoms with Crippen LogP contribution in [0.3, 0.4) is 0 Å². The molecule has 1 atom stereocenters. The molecule has 1 aromatic rings. The third kappa shape index (κ3) is 3.56. The molecule has 17 heavy (non-hydrogen) atoms. The first-order chi connectivity index (χ1) is 7.92. The third-order valence-electron chi connectivity index (χ3n) is 3.68. The fourth-order valence-corrected chi connectivity index (χ4v) is 3.20. The van der Waals surface area contributed by atoms with Crippen molar-refractivity contribution in [3.05, 3.63) is 21.4 Å². The fraction of sp³-hybridized carbons (Fsp3) is 0.733. The van der Waals surface area contributed by atoms with Crippen LogP contribution in [0.4, 0.5) is 0 Å². The lowest BCUT2D eigenvalue weighted by Crippen LogP contribution is -2.34. The zero-order valence-corrected chi connectivity index (χ0v) is 13.0. The van der Waals surface area contributed by atoms with E-state index in [-0.39, 0.29) is 0 Å². The van der Waals surface area contributed by atoms with Gasteiger partial charge in [0.1, 0.15) is 0 Å². The van der Waals surface area contributed by atoms with Gasteiger partial charge in [-0.15, -0.1) is 11.3 Å². The summed E-state index contributed by atoms with van der Waals surface area (Å²) in [6.45, 7) is 14.8. The Morgan fingerprint density at radius 2 is 1.94 bits per heavy atom. The minimum Gasteiger partial charge on any atom is -0.309 e. The van der Waals surface area contributed by atoms with E-state index in [0.29, 0.717) is 11.5 Å². The van der Waals surface area contributed by atoms with Crippen LogP contribution < -0.4 is 5.32 Å². The Kier molecular flexibility index (Phi) is 5.21. The molecule has 0 bridgehead atoms. The van der Waals surface area contributed by atoms with Crippen LogP contribution in [-0.2, 0) is 0 Å². The first-order valence-electron chi connectivity index (χ1n) is 6.72. The van der Waals surface area contributed by atoms with Crippen LogP contribution in [0.5, 0.6) is 0 Å². The van der Waals surface area contributed by atoms with Gasteiger partial charge in [0.2, 0.25) is 0 Å². The number of thiophene rings is 1. The predicted octanol–water partition coefficient (Wildman–Crippen LogP) is 4.84. The Labute approximate surface area is 111 Å². The summed E-state index contributed by atoms with van der Waals surface area (Å²) < 4.78 is 0. The Bertz CT molecular complexity index is 352. The van der Waals surface area contributed by atoms with E-state index in [1.165, 1.54) is 28.2 Å². The van der Waals surface area contributed by atoms with E-state index in [9.17, 15) is 0 Å². The molecule has 1 N–H and O–H groups in total. The number of hydrogen-bond acceptors (Lipinski definition) is 2. The average Bonchev–Trinajstić information content (AvgIpc) is 2.58. The van der Waals surface area contributed by atoms with Crippen LogP contribution in [0, 0.1) is 19.3 Å². The van der Waals surface area contributed by atoms with Crippen molar-refractivity contribution in [2.45, 2.75) is 60.4 Å². The smallest absolute Gasteiger partial charge is 0.0382 e. The van der Waals surface area contributed by atoms with E-state index < -0.39 is 0 Å². The van der Waals surface area contributed by atoms with E-state index in [1.54, 1.807) is 0 Å². The van der Waals surface area contributed by atoms with Crippen LogP contribution in [0.25, 0.3) is 0 Å². The topological polar surface area (TPSA) is 12.0 Å². The van der Waals surface area contributed by atoms with Crippen molar-refractivity contribution in [3.63, 3.8) is 0 Å². The summed E-state index contributed by atoms with van der Waals surface area (Å²) in [5, 5.41) is 3.74. The maximum Gasteiger partial charge on any atom is 0.0382 e. The molecule has 0 aliphatic heterocycles. The number of hydrogen-bond donors (Lipinski definition) is 1. The van der Waals surface area contributed by atoms with Crippen LogP contribution in [-0.4, -0.2) is 6.54 Å². The first-order valence-corrected chi connectivity index (χ1v) is 7.54. The van der Waals surface area contributed by atoms with Gasteiger partial charge in [-0.05, 0) is 50.3 Å².